The van der Waals surface area contributed by atoms with E-state index in [0.29, 0.717) is 25.4 Å². The number of urea groups is 1. The zero-order valence-electron chi connectivity index (χ0n) is 27.2. The number of rotatable bonds is 16. The number of hydrogen-bond acceptors (Lipinski definition) is 7. The summed E-state index contributed by atoms with van der Waals surface area (Å²) in [6.07, 6.45) is -0.970. The van der Waals surface area contributed by atoms with Crippen LogP contribution in [-0.4, -0.2) is 91.0 Å². The standard InChI is InChI=1S/C34H46N4O6S2/c1-24(2)20-37(46(42,43)29-13-11-28(44-5)12-14-29)22-31(39)30(19-26-9-7-6-8-10-26)35-33(40)32(25(3)4)38-17-16-36(34(38)41)21-27-15-18-45-23-27/h6-15,18,23-25,30-32,39H,16-17,19-22H2,1-5H3,(H,35,40)/t30-,31+,32-/m0/s1. The summed E-state index contributed by atoms with van der Waals surface area (Å²) in [4.78, 5) is 30.9. The highest BCUT2D eigenvalue weighted by molar-refractivity contribution is 7.89. The van der Waals surface area contributed by atoms with E-state index in [9.17, 15) is 23.1 Å². The summed E-state index contributed by atoms with van der Waals surface area (Å²) in [5.74, 6) is -0.0710. The Balaban J connectivity index is 1.57. The molecule has 2 N–H and O–H groups in total. The number of carbonyl (C=O) groups excluding carboxylic acids is 2. The van der Waals surface area contributed by atoms with Crippen LogP contribution in [0.4, 0.5) is 4.79 Å². The molecule has 1 aromatic heterocycles. The molecular weight excluding hydrogens is 625 g/mol. The van der Waals surface area contributed by atoms with Gasteiger partial charge in [-0.3, -0.25) is 4.79 Å². The van der Waals surface area contributed by atoms with Gasteiger partial charge in [-0.25, -0.2) is 13.2 Å². The van der Waals surface area contributed by atoms with Gasteiger partial charge in [-0.2, -0.15) is 15.6 Å². The van der Waals surface area contributed by atoms with E-state index in [2.05, 4.69) is 5.32 Å². The van der Waals surface area contributed by atoms with Crippen molar-refractivity contribution in [2.24, 2.45) is 11.8 Å². The molecule has 4 rings (SSSR count). The van der Waals surface area contributed by atoms with Gasteiger partial charge in [-0.1, -0.05) is 58.0 Å². The van der Waals surface area contributed by atoms with Crippen LogP contribution < -0.4 is 10.1 Å². The third-order valence-electron chi connectivity index (χ3n) is 8.06. The second kappa shape index (κ2) is 15.9. The topological polar surface area (TPSA) is 119 Å². The summed E-state index contributed by atoms with van der Waals surface area (Å²) in [5.41, 5.74) is 1.92. The fourth-order valence-corrected chi connectivity index (χ4v) is 8.02. The first kappa shape index (κ1) is 35.4. The van der Waals surface area contributed by atoms with Gasteiger partial charge in [0.1, 0.15) is 11.8 Å². The minimum Gasteiger partial charge on any atom is -0.497 e. The molecule has 2 aromatic carbocycles. The molecule has 1 aliphatic heterocycles. The zero-order chi connectivity index (χ0) is 33.4. The first-order valence-electron chi connectivity index (χ1n) is 15.6. The molecule has 12 heteroatoms. The number of sulfonamides is 1. The van der Waals surface area contributed by atoms with Crippen LogP contribution in [0.1, 0.15) is 38.8 Å². The molecule has 0 bridgehead atoms. The number of amides is 3. The number of benzene rings is 2. The number of aliphatic hydroxyl groups excluding tert-OH is 1. The molecule has 250 valence electrons. The fraction of sp³-hybridized carbons (Fsp3) is 0.471. The smallest absolute Gasteiger partial charge is 0.321 e. The predicted molar refractivity (Wildman–Crippen MR) is 180 cm³/mol. The number of nitrogens with zero attached hydrogens (tertiary/aromatic N) is 3. The summed E-state index contributed by atoms with van der Waals surface area (Å²) in [6, 6.07) is 15.8. The number of hydrogen-bond donors (Lipinski definition) is 2. The molecule has 10 nitrogen and oxygen atoms in total. The number of nitrogens with one attached hydrogen (secondary N) is 1. The maximum absolute atomic E-state index is 14.0. The van der Waals surface area contributed by atoms with Crippen molar-refractivity contribution in [2.45, 2.75) is 63.7 Å². The normalized spacial score (nSPS) is 15.9. The third kappa shape index (κ3) is 8.87. The lowest BCUT2D eigenvalue weighted by Gasteiger charge is -2.34. The van der Waals surface area contributed by atoms with E-state index in [0.717, 1.165) is 11.1 Å². The van der Waals surface area contributed by atoms with Crippen molar-refractivity contribution in [1.82, 2.24) is 19.4 Å². The minimum absolute atomic E-state index is 0.0223. The Kier molecular flexibility index (Phi) is 12.2. The van der Waals surface area contributed by atoms with Gasteiger partial charge in [0.05, 0.1) is 24.2 Å². The van der Waals surface area contributed by atoms with E-state index in [1.165, 1.54) is 23.5 Å². The number of carbonyl (C=O) groups is 2. The Morgan fingerprint density at radius 2 is 1.70 bits per heavy atom. The van der Waals surface area contributed by atoms with Crippen LogP contribution in [0.15, 0.2) is 76.3 Å². The average molecular weight is 671 g/mol. The number of ether oxygens (including phenoxy) is 1. The van der Waals surface area contributed by atoms with Gasteiger partial charge in [0.25, 0.3) is 0 Å². The molecule has 0 spiro atoms. The molecular formula is C34H46N4O6S2. The SMILES string of the molecule is COc1ccc(S(=O)(=O)N(CC(C)C)C[C@@H](O)[C@H](Cc2ccccc2)NC(=O)[C@H](C(C)C)N2CCN(Cc3ccsc3)C2=O)cc1. The van der Waals surface area contributed by atoms with Crippen LogP contribution >= 0.6 is 11.3 Å². The highest BCUT2D eigenvalue weighted by Crippen LogP contribution is 2.24. The van der Waals surface area contributed by atoms with E-state index in [1.54, 1.807) is 33.3 Å². The molecule has 1 saturated heterocycles. The first-order valence-corrected chi connectivity index (χ1v) is 18.0. The third-order valence-corrected chi connectivity index (χ3v) is 10.6. The van der Waals surface area contributed by atoms with E-state index in [1.807, 2.05) is 74.9 Å². The summed E-state index contributed by atoms with van der Waals surface area (Å²) < 4.78 is 34.1. The second-order valence-corrected chi connectivity index (χ2v) is 15.2. The molecule has 1 fully saturated rings. The van der Waals surface area contributed by atoms with Gasteiger partial charge < -0.3 is 25.0 Å². The second-order valence-electron chi connectivity index (χ2n) is 12.5. The van der Waals surface area contributed by atoms with Crippen LogP contribution in [0.3, 0.4) is 0 Å². The molecule has 2 heterocycles. The van der Waals surface area contributed by atoms with Crippen molar-refractivity contribution in [2.75, 3.05) is 33.3 Å². The monoisotopic (exact) mass is 670 g/mol. The van der Waals surface area contributed by atoms with Crippen molar-refractivity contribution in [3.05, 3.63) is 82.6 Å². The molecule has 3 atom stereocenters. The zero-order valence-corrected chi connectivity index (χ0v) is 28.8. The lowest BCUT2D eigenvalue weighted by atomic mass is 9.97. The lowest BCUT2D eigenvalue weighted by molar-refractivity contribution is -0.128. The molecule has 46 heavy (non-hydrogen) atoms. The molecule has 0 unspecified atom stereocenters. The Bertz CT molecular complexity index is 1510. The molecule has 0 aliphatic carbocycles. The van der Waals surface area contributed by atoms with Crippen molar-refractivity contribution in [1.29, 1.82) is 0 Å². The predicted octanol–water partition coefficient (Wildman–Crippen LogP) is 4.45. The van der Waals surface area contributed by atoms with E-state index >= 15 is 0 Å². The van der Waals surface area contributed by atoms with E-state index < -0.39 is 28.2 Å². The van der Waals surface area contributed by atoms with Crippen LogP contribution in [0.5, 0.6) is 5.75 Å². The minimum atomic E-state index is -3.98. The maximum Gasteiger partial charge on any atom is 0.321 e. The average Bonchev–Trinajstić information content (AvgIpc) is 3.67. The molecule has 1 aliphatic rings. The summed E-state index contributed by atoms with van der Waals surface area (Å²) in [5, 5.41) is 18.7. The van der Waals surface area contributed by atoms with E-state index in [-0.39, 0.29) is 48.2 Å². The highest BCUT2D eigenvalue weighted by atomic mass is 32.2. The molecule has 3 aromatic rings. The maximum atomic E-state index is 14.0. The molecule has 3 amide bonds. The van der Waals surface area contributed by atoms with Gasteiger partial charge in [-0.15, -0.1) is 0 Å². The summed E-state index contributed by atoms with van der Waals surface area (Å²) in [7, 11) is -2.47. The van der Waals surface area contributed by atoms with Crippen LogP contribution in [0, 0.1) is 11.8 Å². The number of aliphatic hydroxyl groups is 1. The first-order chi connectivity index (χ1) is 21.9. The van der Waals surface area contributed by atoms with Gasteiger partial charge in [0.2, 0.25) is 15.9 Å². The van der Waals surface area contributed by atoms with Gasteiger partial charge in [0, 0.05) is 32.7 Å². The Hall–Kier alpha value is -3.45. The van der Waals surface area contributed by atoms with Crippen molar-refractivity contribution < 1.29 is 27.9 Å². The number of methoxy groups -OCH3 is 1. The Labute approximate surface area is 277 Å². The fourth-order valence-electron chi connectivity index (χ4n) is 5.74. The summed E-state index contributed by atoms with van der Waals surface area (Å²) in [6.45, 7) is 8.96. The Morgan fingerprint density at radius 1 is 1.00 bits per heavy atom. The summed E-state index contributed by atoms with van der Waals surface area (Å²) >= 11 is 1.57. The van der Waals surface area contributed by atoms with Gasteiger partial charge in [-0.05, 0) is 70.5 Å². The quantitative estimate of drug-likeness (QED) is 0.233. The molecule has 0 saturated carbocycles. The van der Waals surface area contributed by atoms with Gasteiger partial charge in [0.15, 0.2) is 0 Å². The Morgan fingerprint density at radius 3 is 2.28 bits per heavy atom. The van der Waals surface area contributed by atoms with Crippen molar-refractivity contribution >= 4 is 33.3 Å². The highest BCUT2D eigenvalue weighted by Gasteiger charge is 2.40. The van der Waals surface area contributed by atoms with Crippen molar-refractivity contribution in [3.63, 3.8) is 0 Å². The lowest BCUT2D eigenvalue weighted by Crippen LogP contribution is -2.57. The van der Waals surface area contributed by atoms with E-state index in [4.69, 9.17) is 4.74 Å². The largest absolute Gasteiger partial charge is 0.497 e. The van der Waals surface area contributed by atoms with Crippen LogP contribution in [-0.2, 0) is 27.8 Å². The van der Waals surface area contributed by atoms with Gasteiger partial charge >= 0.3 is 6.03 Å². The van der Waals surface area contributed by atoms with Crippen LogP contribution in [0.25, 0.3) is 0 Å². The number of thiophene rings is 1. The van der Waals surface area contributed by atoms with Crippen molar-refractivity contribution in [3.8, 4) is 5.75 Å². The molecule has 0 radical (unpaired) electrons. The van der Waals surface area contributed by atoms with Crippen LogP contribution in [0.2, 0.25) is 0 Å².